The van der Waals surface area contributed by atoms with E-state index in [2.05, 4.69) is 28.1 Å². The molecule has 0 spiro atoms. The fourth-order valence-corrected chi connectivity index (χ4v) is 4.35. The number of hydrogen-bond acceptors (Lipinski definition) is 4. The number of carboxylic acids is 1. The summed E-state index contributed by atoms with van der Waals surface area (Å²) in [5.41, 5.74) is 6.28. The summed E-state index contributed by atoms with van der Waals surface area (Å²) in [5, 5.41) is 11.6. The molecule has 3 aromatic rings. The highest BCUT2D eigenvalue weighted by atomic mass is 32.1. The number of hydrogen-bond donors (Lipinski definition) is 2. The number of anilines is 1. The van der Waals surface area contributed by atoms with E-state index in [1.165, 1.54) is 29.2 Å². The van der Waals surface area contributed by atoms with Crippen molar-refractivity contribution in [3.05, 3.63) is 87.7 Å². The molecule has 1 saturated heterocycles. The molecule has 1 fully saturated rings. The zero-order valence-corrected chi connectivity index (χ0v) is 20.0. The zero-order chi connectivity index (χ0) is 24.7. The molecule has 2 heterocycles. The quantitative estimate of drug-likeness (QED) is 0.336. The zero-order valence-electron chi connectivity index (χ0n) is 19.2. The van der Waals surface area contributed by atoms with Gasteiger partial charge in [0, 0.05) is 17.1 Å². The van der Waals surface area contributed by atoms with Crippen molar-refractivity contribution in [2.45, 2.75) is 27.7 Å². The van der Waals surface area contributed by atoms with E-state index in [-0.39, 0.29) is 16.2 Å². The average Bonchev–Trinajstić information content (AvgIpc) is 3.06. The Morgan fingerprint density at radius 1 is 1.00 bits per heavy atom. The van der Waals surface area contributed by atoms with Crippen molar-refractivity contribution in [1.29, 1.82) is 0 Å². The molecule has 0 radical (unpaired) electrons. The Balaban J connectivity index is 1.76. The predicted molar refractivity (Wildman–Crippen MR) is 134 cm³/mol. The van der Waals surface area contributed by atoms with Crippen LogP contribution in [0.25, 0.3) is 11.8 Å². The standard InChI is InChI=1S/C26H23N3O4S/c1-14-5-6-15(2)22(11-14)28-16(3)12-19(17(28)4)13-21-23(30)27-26(34)29(24(21)31)20-9-7-18(8-10-20)25(32)33/h5-13H,1-4H3,(H,32,33)(H,27,30,34)/b21-13+. The number of thiocarbonyl (C=S) groups is 1. The molecule has 1 aliphatic heterocycles. The van der Waals surface area contributed by atoms with Crippen molar-refractivity contribution in [2.75, 3.05) is 4.90 Å². The lowest BCUT2D eigenvalue weighted by molar-refractivity contribution is -0.122. The molecule has 0 aliphatic carbocycles. The van der Waals surface area contributed by atoms with Crippen LogP contribution in [0.1, 0.15) is 38.4 Å². The van der Waals surface area contributed by atoms with Crippen molar-refractivity contribution in [3.8, 4) is 5.69 Å². The van der Waals surface area contributed by atoms with Crippen LogP contribution in [-0.4, -0.2) is 32.6 Å². The Morgan fingerprint density at radius 3 is 2.32 bits per heavy atom. The minimum Gasteiger partial charge on any atom is -0.478 e. The Kier molecular flexibility index (Phi) is 5.93. The van der Waals surface area contributed by atoms with Crippen LogP contribution in [0.3, 0.4) is 0 Å². The molecule has 4 rings (SSSR count). The number of carboxylic acid groups (broad SMARTS) is 1. The molecule has 34 heavy (non-hydrogen) atoms. The summed E-state index contributed by atoms with van der Waals surface area (Å²) >= 11 is 5.23. The van der Waals surface area contributed by atoms with E-state index >= 15 is 0 Å². The SMILES string of the molecule is Cc1ccc(C)c(-n2c(C)cc(/C=C3\C(=O)NC(=S)N(c4ccc(C(=O)O)cc4)C3=O)c2C)c1. The van der Waals surface area contributed by atoms with E-state index in [1.807, 2.05) is 33.8 Å². The predicted octanol–water partition coefficient (Wildman–Crippen LogP) is 4.24. The molecule has 0 saturated carbocycles. The van der Waals surface area contributed by atoms with Gasteiger partial charge < -0.3 is 9.67 Å². The number of carbonyl (C=O) groups excluding carboxylic acids is 2. The Hall–Kier alpha value is -4.04. The van der Waals surface area contributed by atoms with E-state index in [0.717, 1.165) is 33.8 Å². The molecular formula is C26H23N3O4S. The maximum Gasteiger partial charge on any atom is 0.335 e. The van der Waals surface area contributed by atoms with Gasteiger partial charge in [0.15, 0.2) is 5.11 Å². The van der Waals surface area contributed by atoms with Gasteiger partial charge in [-0.1, -0.05) is 12.1 Å². The summed E-state index contributed by atoms with van der Waals surface area (Å²) in [5.74, 6) is -2.23. The fraction of sp³-hybridized carbons (Fsp3) is 0.154. The van der Waals surface area contributed by atoms with Gasteiger partial charge in [0.25, 0.3) is 11.8 Å². The summed E-state index contributed by atoms with van der Waals surface area (Å²) in [7, 11) is 0. The van der Waals surface area contributed by atoms with Crippen molar-refractivity contribution in [1.82, 2.24) is 9.88 Å². The minimum absolute atomic E-state index is 0.0582. The van der Waals surface area contributed by atoms with Gasteiger partial charge >= 0.3 is 5.97 Å². The van der Waals surface area contributed by atoms with E-state index in [9.17, 15) is 14.4 Å². The first kappa shape index (κ1) is 23.1. The molecule has 8 heteroatoms. The molecule has 2 amide bonds. The number of aromatic nitrogens is 1. The second kappa shape index (κ2) is 8.72. The van der Waals surface area contributed by atoms with Gasteiger partial charge in [-0.25, -0.2) is 4.79 Å². The normalized spacial score (nSPS) is 15.1. The van der Waals surface area contributed by atoms with E-state index < -0.39 is 17.8 Å². The number of aromatic carboxylic acids is 1. The van der Waals surface area contributed by atoms with Crippen molar-refractivity contribution < 1.29 is 19.5 Å². The second-order valence-corrected chi connectivity index (χ2v) is 8.65. The number of amides is 2. The fourth-order valence-electron chi connectivity index (χ4n) is 4.07. The monoisotopic (exact) mass is 473 g/mol. The number of nitrogens with one attached hydrogen (secondary N) is 1. The Labute approximate surface area is 202 Å². The highest BCUT2D eigenvalue weighted by Gasteiger charge is 2.34. The minimum atomic E-state index is -1.08. The first-order valence-electron chi connectivity index (χ1n) is 10.6. The van der Waals surface area contributed by atoms with Crippen LogP contribution < -0.4 is 10.2 Å². The highest BCUT2D eigenvalue weighted by molar-refractivity contribution is 7.80. The summed E-state index contributed by atoms with van der Waals surface area (Å²) in [6.07, 6.45) is 1.57. The van der Waals surface area contributed by atoms with Crippen LogP contribution in [-0.2, 0) is 9.59 Å². The van der Waals surface area contributed by atoms with Crippen LogP contribution in [0.15, 0.2) is 54.1 Å². The van der Waals surface area contributed by atoms with Crippen molar-refractivity contribution >= 4 is 46.9 Å². The van der Waals surface area contributed by atoms with Gasteiger partial charge in [0.05, 0.1) is 11.3 Å². The highest BCUT2D eigenvalue weighted by Crippen LogP contribution is 2.28. The third-order valence-electron chi connectivity index (χ3n) is 5.85. The lowest BCUT2D eigenvalue weighted by Gasteiger charge is -2.29. The number of rotatable bonds is 4. The number of carbonyl (C=O) groups is 3. The molecule has 0 atom stereocenters. The summed E-state index contributed by atoms with van der Waals surface area (Å²) in [4.78, 5) is 38.4. The lowest BCUT2D eigenvalue weighted by Crippen LogP contribution is -2.54. The van der Waals surface area contributed by atoms with Gasteiger partial charge in [0.2, 0.25) is 0 Å². The van der Waals surface area contributed by atoms with Gasteiger partial charge in [0.1, 0.15) is 5.57 Å². The van der Waals surface area contributed by atoms with Crippen molar-refractivity contribution in [2.24, 2.45) is 0 Å². The smallest absolute Gasteiger partial charge is 0.335 e. The van der Waals surface area contributed by atoms with Crippen LogP contribution in [0, 0.1) is 27.7 Å². The summed E-state index contributed by atoms with van der Waals surface area (Å²) < 4.78 is 2.10. The van der Waals surface area contributed by atoms with Gasteiger partial charge in [-0.2, -0.15) is 0 Å². The van der Waals surface area contributed by atoms with Crippen LogP contribution in [0.2, 0.25) is 0 Å². The molecule has 1 aliphatic rings. The van der Waals surface area contributed by atoms with Gasteiger partial charge in [-0.3, -0.25) is 19.8 Å². The van der Waals surface area contributed by atoms with Crippen LogP contribution >= 0.6 is 12.2 Å². The third-order valence-corrected chi connectivity index (χ3v) is 6.13. The van der Waals surface area contributed by atoms with Crippen molar-refractivity contribution in [3.63, 3.8) is 0 Å². The molecule has 0 unspecified atom stereocenters. The van der Waals surface area contributed by atoms with Gasteiger partial charge in [-0.05, 0) is 99.1 Å². The van der Waals surface area contributed by atoms with Crippen LogP contribution in [0.4, 0.5) is 5.69 Å². The first-order valence-corrected chi connectivity index (χ1v) is 11.0. The van der Waals surface area contributed by atoms with E-state index in [1.54, 1.807) is 6.08 Å². The number of nitrogens with zero attached hydrogens (tertiary/aromatic N) is 2. The van der Waals surface area contributed by atoms with E-state index in [0.29, 0.717) is 5.69 Å². The third kappa shape index (κ3) is 4.04. The van der Waals surface area contributed by atoms with Crippen LogP contribution in [0.5, 0.6) is 0 Å². The Bertz CT molecular complexity index is 1400. The molecule has 1 aromatic heterocycles. The summed E-state index contributed by atoms with van der Waals surface area (Å²) in [6, 6.07) is 13.9. The first-order chi connectivity index (χ1) is 16.1. The number of aryl methyl sites for hydroxylation is 3. The summed E-state index contributed by atoms with van der Waals surface area (Å²) in [6.45, 7) is 7.99. The molecule has 0 bridgehead atoms. The second-order valence-electron chi connectivity index (χ2n) is 8.26. The van der Waals surface area contributed by atoms with Gasteiger partial charge in [-0.15, -0.1) is 0 Å². The molecule has 2 aromatic carbocycles. The molecular weight excluding hydrogens is 450 g/mol. The number of benzene rings is 2. The maximum absolute atomic E-state index is 13.3. The molecule has 2 N–H and O–H groups in total. The molecule has 7 nitrogen and oxygen atoms in total. The largest absolute Gasteiger partial charge is 0.478 e. The lowest BCUT2D eigenvalue weighted by atomic mass is 10.1. The topological polar surface area (TPSA) is 91.6 Å². The molecule has 172 valence electrons. The van der Waals surface area contributed by atoms with E-state index in [4.69, 9.17) is 17.3 Å². The Morgan fingerprint density at radius 2 is 1.68 bits per heavy atom. The average molecular weight is 474 g/mol. The maximum atomic E-state index is 13.3.